The molecule has 1 saturated carbocycles. The van der Waals surface area contributed by atoms with Gasteiger partial charge in [0, 0.05) is 44.2 Å². The molecule has 28 heavy (non-hydrogen) atoms. The fourth-order valence-corrected chi connectivity index (χ4v) is 3.82. The summed E-state index contributed by atoms with van der Waals surface area (Å²) in [5.41, 5.74) is 2.59. The molecular weight excluding hydrogens is 354 g/mol. The maximum absolute atomic E-state index is 12.4. The molecule has 0 unspecified atom stereocenters. The van der Waals surface area contributed by atoms with Crippen LogP contribution in [0.4, 0.5) is 5.69 Å². The van der Waals surface area contributed by atoms with Gasteiger partial charge in [-0.3, -0.25) is 9.59 Å². The lowest BCUT2D eigenvalue weighted by atomic mass is 9.94. The molecule has 1 aromatic heterocycles. The summed E-state index contributed by atoms with van der Waals surface area (Å²) >= 11 is 0. The Morgan fingerprint density at radius 1 is 1.21 bits per heavy atom. The Morgan fingerprint density at radius 3 is 2.64 bits per heavy atom. The van der Waals surface area contributed by atoms with Gasteiger partial charge in [0.2, 0.25) is 11.8 Å². The molecule has 1 fully saturated rings. The Balaban J connectivity index is 1.58. The predicted molar refractivity (Wildman–Crippen MR) is 109 cm³/mol. The highest BCUT2D eigenvalue weighted by Gasteiger charge is 2.22. The van der Waals surface area contributed by atoms with Crippen molar-refractivity contribution in [3.63, 3.8) is 0 Å². The molecule has 2 aromatic rings. The first-order chi connectivity index (χ1) is 13.5. The first-order valence-electron chi connectivity index (χ1n) is 9.97. The van der Waals surface area contributed by atoms with E-state index in [2.05, 4.69) is 15.5 Å². The Kier molecular flexibility index (Phi) is 6.44. The van der Waals surface area contributed by atoms with Crippen LogP contribution in [0.5, 0.6) is 0 Å². The summed E-state index contributed by atoms with van der Waals surface area (Å²) in [7, 11) is 3.75. The zero-order chi connectivity index (χ0) is 20.1. The maximum Gasteiger partial charge on any atom is 0.224 e. The van der Waals surface area contributed by atoms with Crippen LogP contribution in [0.15, 0.2) is 24.5 Å². The lowest BCUT2D eigenvalue weighted by molar-refractivity contribution is -0.134. The van der Waals surface area contributed by atoms with E-state index in [1.807, 2.05) is 48.7 Å². The molecule has 2 amide bonds. The molecule has 0 aliphatic heterocycles. The highest BCUT2D eigenvalue weighted by molar-refractivity contribution is 5.94. The van der Waals surface area contributed by atoms with Gasteiger partial charge in [0.25, 0.3) is 0 Å². The van der Waals surface area contributed by atoms with Crippen LogP contribution in [0.1, 0.15) is 50.5 Å². The van der Waals surface area contributed by atoms with Crippen molar-refractivity contribution in [1.82, 2.24) is 19.7 Å². The van der Waals surface area contributed by atoms with Crippen molar-refractivity contribution in [2.45, 2.75) is 57.9 Å². The molecule has 7 nitrogen and oxygen atoms in total. The smallest absolute Gasteiger partial charge is 0.224 e. The number of anilines is 1. The first kappa shape index (κ1) is 20.0. The van der Waals surface area contributed by atoms with Crippen LogP contribution in [-0.2, 0) is 16.6 Å². The molecular formula is C21H29N5O2. The topological polar surface area (TPSA) is 80.1 Å². The lowest BCUT2D eigenvalue weighted by Gasteiger charge is -2.31. The predicted octanol–water partition coefficient (Wildman–Crippen LogP) is 3.30. The van der Waals surface area contributed by atoms with E-state index in [4.69, 9.17) is 0 Å². The van der Waals surface area contributed by atoms with Gasteiger partial charge >= 0.3 is 0 Å². The van der Waals surface area contributed by atoms with Gasteiger partial charge < -0.3 is 14.8 Å². The molecule has 0 bridgehead atoms. The summed E-state index contributed by atoms with van der Waals surface area (Å²) in [6.07, 6.45) is 7.84. The molecule has 3 rings (SSSR count). The quantitative estimate of drug-likeness (QED) is 0.830. The molecule has 1 aliphatic rings. The summed E-state index contributed by atoms with van der Waals surface area (Å²) in [5, 5.41) is 11.0. The van der Waals surface area contributed by atoms with Crippen molar-refractivity contribution in [3.8, 4) is 11.4 Å². The van der Waals surface area contributed by atoms with Crippen molar-refractivity contribution in [3.05, 3.63) is 30.1 Å². The van der Waals surface area contributed by atoms with Crippen LogP contribution in [0.3, 0.4) is 0 Å². The molecule has 1 aromatic carbocycles. The first-order valence-corrected chi connectivity index (χ1v) is 9.97. The van der Waals surface area contributed by atoms with Gasteiger partial charge in [-0.05, 0) is 31.4 Å². The summed E-state index contributed by atoms with van der Waals surface area (Å²) in [6.45, 7) is 1.95. The summed E-state index contributed by atoms with van der Waals surface area (Å²) in [6, 6.07) is 6.03. The van der Waals surface area contributed by atoms with Crippen molar-refractivity contribution >= 4 is 17.5 Å². The van der Waals surface area contributed by atoms with E-state index in [1.165, 1.54) is 19.3 Å². The largest absolute Gasteiger partial charge is 0.343 e. The van der Waals surface area contributed by atoms with E-state index in [-0.39, 0.29) is 24.7 Å². The molecule has 0 radical (unpaired) electrons. The zero-order valence-electron chi connectivity index (χ0n) is 16.9. The molecule has 150 valence electrons. The summed E-state index contributed by atoms with van der Waals surface area (Å²) in [5.74, 6) is 0.646. The number of aromatic nitrogens is 3. The second-order valence-corrected chi connectivity index (χ2v) is 7.59. The third kappa shape index (κ3) is 4.58. The molecule has 1 aliphatic carbocycles. The number of nitrogens with one attached hydrogen (secondary N) is 1. The molecule has 1 heterocycles. The van der Waals surface area contributed by atoms with Crippen molar-refractivity contribution in [2.75, 3.05) is 12.4 Å². The van der Waals surface area contributed by atoms with Gasteiger partial charge in [0.05, 0.1) is 0 Å². The highest BCUT2D eigenvalue weighted by atomic mass is 16.2. The van der Waals surface area contributed by atoms with Gasteiger partial charge in [-0.25, -0.2) is 0 Å². The van der Waals surface area contributed by atoms with Crippen LogP contribution in [0.2, 0.25) is 0 Å². The second-order valence-electron chi connectivity index (χ2n) is 7.59. The number of amides is 2. The van der Waals surface area contributed by atoms with Gasteiger partial charge in [0.1, 0.15) is 6.33 Å². The third-order valence-electron chi connectivity index (χ3n) is 5.64. The van der Waals surface area contributed by atoms with Crippen LogP contribution >= 0.6 is 0 Å². The SMILES string of the molecule is Cc1c(NC(=O)CCC(=O)N(C)C2CCCCC2)cccc1-c1nncn1C. The summed E-state index contributed by atoms with van der Waals surface area (Å²) in [4.78, 5) is 26.7. The number of carbonyl (C=O) groups is 2. The zero-order valence-corrected chi connectivity index (χ0v) is 16.9. The fourth-order valence-electron chi connectivity index (χ4n) is 3.82. The third-order valence-corrected chi connectivity index (χ3v) is 5.64. The van der Waals surface area contributed by atoms with Gasteiger partial charge in [-0.1, -0.05) is 31.4 Å². The molecule has 7 heteroatoms. The average molecular weight is 383 g/mol. The van der Waals surface area contributed by atoms with Crippen LogP contribution < -0.4 is 5.32 Å². The van der Waals surface area contributed by atoms with E-state index in [0.717, 1.165) is 35.5 Å². The van der Waals surface area contributed by atoms with Gasteiger partial charge in [0.15, 0.2) is 5.82 Å². The van der Waals surface area contributed by atoms with Crippen LogP contribution in [0, 0.1) is 6.92 Å². The minimum Gasteiger partial charge on any atom is -0.343 e. The second kappa shape index (κ2) is 8.99. The number of benzene rings is 1. The standard InChI is InChI=1S/C21H29N5O2/c1-15-17(21-24-22-14-25(21)2)10-7-11-18(15)23-19(27)12-13-20(28)26(3)16-8-5-4-6-9-16/h7,10-11,14,16H,4-6,8-9,12-13H2,1-3H3,(H,23,27). The Bertz CT molecular complexity index is 839. The highest BCUT2D eigenvalue weighted by Crippen LogP contribution is 2.27. The van der Waals surface area contributed by atoms with Crippen LogP contribution in [-0.4, -0.2) is 44.6 Å². The van der Waals surface area contributed by atoms with E-state index < -0.39 is 0 Å². The van der Waals surface area contributed by atoms with E-state index in [1.54, 1.807) is 6.33 Å². The monoisotopic (exact) mass is 383 g/mol. The molecule has 0 saturated heterocycles. The Morgan fingerprint density at radius 2 is 1.96 bits per heavy atom. The minimum absolute atomic E-state index is 0.0478. The summed E-state index contributed by atoms with van der Waals surface area (Å²) < 4.78 is 1.84. The molecule has 1 N–H and O–H groups in total. The van der Waals surface area contributed by atoms with Gasteiger partial charge in [-0.2, -0.15) is 0 Å². The lowest BCUT2D eigenvalue weighted by Crippen LogP contribution is -2.38. The van der Waals surface area contributed by atoms with Crippen molar-refractivity contribution in [1.29, 1.82) is 0 Å². The fraction of sp³-hybridized carbons (Fsp3) is 0.524. The molecule has 0 atom stereocenters. The number of rotatable bonds is 6. The van der Waals surface area contributed by atoms with E-state index in [9.17, 15) is 9.59 Å². The number of hydrogen-bond donors (Lipinski definition) is 1. The number of nitrogens with zero attached hydrogens (tertiary/aromatic N) is 4. The minimum atomic E-state index is -0.149. The van der Waals surface area contributed by atoms with E-state index in [0.29, 0.717) is 6.04 Å². The number of hydrogen-bond acceptors (Lipinski definition) is 4. The Labute approximate surface area is 166 Å². The van der Waals surface area contributed by atoms with Crippen molar-refractivity contribution < 1.29 is 9.59 Å². The number of aryl methyl sites for hydroxylation is 1. The van der Waals surface area contributed by atoms with Crippen molar-refractivity contribution in [2.24, 2.45) is 7.05 Å². The number of carbonyl (C=O) groups excluding carboxylic acids is 2. The Hall–Kier alpha value is -2.70. The normalized spacial score (nSPS) is 14.7. The maximum atomic E-state index is 12.4. The molecule has 0 spiro atoms. The van der Waals surface area contributed by atoms with E-state index >= 15 is 0 Å². The van der Waals surface area contributed by atoms with Gasteiger partial charge in [-0.15, -0.1) is 10.2 Å². The van der Waals surface area contributed by atoms with Crippen LogP contribution in [0.25, 0.3) is 11.4 Å². The average Bonchev–Trinajstić information content (AvgIpc) is 3.13.